The first-order valence-corrected chi connectivity index (χ1v) is 8.62. The molecule has 8 heteroatoms. The van der Waals surface area contributed by atoms with E-state index in [1.807, 2.05) is 0 Å². The number of carbonyl (C=O) groups is 2. The molecule has 0 aliphatic carbocycles. The summed E-state index contributed by atoms with van der Waals surface area (Å²) in [6.45, 7) is 1.24. The summed E-state index contributed by atoms with van der Waals surface area (Å²) in [6, 6.07) is 12.6. The van der Waals surface area contributed by atoms with Gasteiger partial charge in [-0.3, -0.25) is 14.2 Å². The summed E-state index contributed by atoms with van der Waals surface area (Å²) in [7, 11) is 1.53. The molecule has 3 rings (SSSR count). The third kappa shape index (κ3) is 4.28. The summed E-state index contributed by atoms with van der Waals surface area (Å²) < 4.78 is 24.6. The maximum atomic E-state index is 13.3. The van der Waals surface area contributed by atoms with E-state index in [1.165, 1.54) is 31.0 Å². The highest BCUT2D eigenvalue weighted by Crippen LogP contribution is 2.12. The van der Waals surface area contributed by atoms with Crippen molar-refractivity contribution in [2.75, 3.05) is 7.05 Å². The van der Waals surface area contributed by atoms with Crippen molar-refractivity contribution >= 4 is 23.0 Å². The van der Waals surface area contributed by atoms with E-state index in [2.05, 4.69) is 0 Å². The number of halogens is 1. The summed E-state index contributed by atoms with van der Waals surface area (Å²) in [5, 5.41) is 0. The molecule has 0 saturated heterocycles. The lowest BCUT2D eigenvalue weighted by Crippen LogP contribution is -2.38. The molecule has 1 heterocycles. The van der Waals surface area contributed by atoms with Gasteiger partial charge in [-0.15, -0.1) is 0 Å². The van der Waals surface area contributed by atoms with Crippen molar-refractivity contribution in [3.05, 3.63) is 70.5 Å². The number of benzene rings is 2. The quantitative estimate of drug-likeness (QED) is 0.608. The number of fused-ring (bicyclic) bond motifs is 1. The van der Waals surface area contributed by atoms with Crippen LogP contribution in [0.3, 0.4) is 0 Å². The number of rotatable bonds is 6. The van der Waals surface area contributed by atoms with Gasteiger partial charge in [-0.25, -0.2) is 9.18 Å². The summed E-state index contributed by atoms with van der Waals surface area (Å²) in [6.07, 6.45) is -1.06. The maximum Gasteiger partial charge on any atom is 0.420 e. The van der Waals surface area contributed by atoms with Crippen LogP contribution in [-0.4, -0.2) is 34.5 Å². The molecule has 2 aromatic carbocycles. The van der Waals surface area contributed by atoms with Gasteiger partial charge in [-0.1, -0.05) is 24.3 Å². The molecule has 1 aromatic heterocycles. The fraction of sp³-hybridized carbons (Fsp3) is 0.250. The normalized spacial score (nSPS) is 12.0. The van der Waals surface area contributed by atoms with E-state index in [9.17, 15) is 18.8 Å². The average molecular weight is 386 g/mol. The van der Waals surface area contributed by atoms with Gasteiger partial charge >= 0.3 is 11.7 Å². The number of likely N-dealkylation sites (N-methyl/N-ethyl adjacent to an activating group) is 1. The number of amides is 1. The zero-order chi connectivity index (χ0) is 20.3. The predicted molar refractivity (Wildman–Crippen MR) is 98.9 cm³/mol. The molecule has 146 valence electrons. The van der Waals surface area contributed by atoms with Crippen LogP contribution >= 0.6 is 0 Å². The van der Waals surface area contributed by atoms with E-state index in [4.69, 9.17) is 9.15 Å². The van der Waals surface area contributed by atoms with Crippen LogP contribution in [0, 0.1) is 5.82 Å². The van der Waals surface area contributed by atoms with Gasteiger partial charge in [-0.05, 0) is 36.8 Å². The van der Waals surface area contributed by atoms with E-state index < -0.39 is 29.6 Å². The monoisotopic (exact) mass is 386 g/mol. The van der Waals surface area contributed by atoms with Crippen molar-refractivity contribution < 1.29 is 23.1 Å². The molecule has 0 N–H and O–H groups in total. The Morgan fingerprint density at radius 1 is 1.21 bits per heavy atom. The molecule has 0 saturated carbocycles. The first-order chi connectivity index (χ1) is 13.3. The van der Waals surface area contributed by atoms with Gasteiger partial charge in [0.25, 0.3) is 5.91 Å². The van der Waals surface area contributed by atoms with E-state index >= 15 is 0 Å². The van der Waals surface area contributed by atoms with Gasteiger partial charge in [0, 0.05) is 13.6 Å². The molecule has 0 bridgehead atoms. The maximum absolute atomic E-state index is 13.3. The smallest absolute Gasteiger partial charge is 0.420 e. The number of hydrogen-bond donors (Lipinski definition) is 0. The number of hydrogen-bond acceptors (Lipinski definition) is 5. The second kappa shape index (κ2) is 8.08. The molecule has 0 aliphatic heterocycles. The third-order valence-corrected chi connectivity index (χ3v) is 4.20. The first kappa shape index (κ1) is 19.3. The number of para-hydroxylation sites is 2. The summed E-state index contributed by atoms with van der Waals surface area (Å²) >= 11 is 0. The van der Waals surface area contributed by atoms with Gasteiger partial charge in [0.2, 0.25) is 0 Å². The molecule has 0 spiro atoms. The highest BCUT2D eigenvalue weighted by molar-refractivity contribution is 5.83. The van der Waals surface area contributed by atoms with Gasteiger partial charge < -0.3 is 14.1 Å². The molecule has 0 radical (unpaired) electrons. The molecule has 0 aliphatic rings. The molecular weight excluding hydrogens is 367 g/mol. The second-order valence-corrected chi connectivity index (χ2v) is 6.38. The standard InChI is InChI=1S/C20H19FN2O5/c1-13(19(25)22(2)11-14-6-5-7-15(21)10-14)27-18(24)12-23-16-8-3-4-9-17(16)28-20(23)26/h3-10,13H,11-12H2,1-2H3. The van der Waals surface area contributed by atoms with Crippen LogP contribution < -0.4 is 5.76 Å². The number of aromatic nitrogens is 1. The fourth-order valence-electron chi connectivity index (χ4n) is 2.88. The van der Waals surface area contributed by atoms with E-state index in [-0.39, 0.29) is 13.1 Å². The SMILES string of the molecule is CC(OC(=O)Cn1c(=O)oc2ccccc21)C(=O)N(C)Cc1cccc(F)c1. The first-order valence-electron chi connectivity index (χ1n) is 8.62. The van der Waals surface area contributed by atoms with Crippen molar-refractivity contribution in [2.24, 2.45) is 0 Å². The van der Waals surface area contributed by atoms with Gasteiger partial charge in [-0.2, -0.15) is 0 Å². The minimum Gasteiger partial charge on any atom is -0.451 e. The Kier molecular flexibility index (Phi) is 5.58. The van der Waals surface area contributed by atoms with E-state index in [0.717, 1.165) is 4.57 Å². The van der Waals surface area contributed by atoms with Crippen molar-refractivity contribution in [2.45, 2.75) is 26.1 Å². The highest BCUT2D eigenvalue weighted by Gasteiger charge is 2.23. The van der Waals surface area contributed by atoms with Crippen LogP contribution in [0.25, 0.3) is 11.1 Å². The van der Waals surface area contributed by atoms with Gasteiger partial charge in [0.15, 0.2) is 11.7 Å². The Bertz CT molecular complexity index is 1070. The van der Waals surface area contributed by atoms with Crippen LogP contribution in [0.4, 0.5) is 4.39 Å². The number of oxazole rings is 1. The van der Waals surface area contributed by atoms with Crippen LogP contribution in [0.5, 0.6) is 0 Å². The van der Waals surface area contributed by atoms with Crippen LogP contribution in [-0.2, 0) is 27.4 Å². The molecule has 0 fully saturated rings. The Hall–Kier alpha value is -3.42. The fourth-order valence-corrected chi connectivity index (χ4v) is 2.88. The summed E-state index contributed by atoms with van der Waals surface area (Å²) in [5.41, 5.74) is 1.44. The van der Waals surface area contributed by atoms with Crippen molar-refractivity contribution in [1.82, 2.24) is 9.47 Å². The van der Waals surface area contributed by atoms with E-state index in [1.54, 1.807) is 36.4 Å². The minimum absolute atomic E-state index is 0.171. The summed E-state index contributed by atoms with van der Waals surface area (Å²) in [4.78, 5) is 37.9. The second-order valence-electron chi connectivity index (χ2n) is 6.38. The minimum atomic E-state index is -1.06. The largest absolute Gasteiger partial charge is 0.451 e. The van der Waals surface area contributed by atoms with Crippen LogP contribution in [0.15, 0.2) is 57.7 Å². The highest BCUT2D eigenvalue weighted by atomic mass is 19.1. The van der Waals surface area contributed by atoms with Crippen LogP contribution in [0.1, 0.15) is 12.5 Å². The number of carbonyl (C=O) groups excluding carboxylic acids is 2. The molecule has 1 amide bonds. The van der Waals surface area contributed by atoms with Crippen LogP contribution in [0.2, 0.25) is 0 Å². The van der Waals surface area contributed by atoms with Gasteiger partial charge in [0.05, 0.1) is 5.52 Å². The molecule has 1 atom stereocenters. The number of esters is 1. The Labute approximate surface area is 159 Å². The predicted octanol–water partition coefficient (Wildman–Crippen LogP) is 2.32. The molecule has 28 heavy (non-hydrogen) atoms. The Morgan fingerprint density at radius 3 is 2.71 bits per heavy atom. The van der Waals surface area contributed by atoms with Crippen molar-refractivity contribution in [3.8, 4) is 0 Å². The molecule has 1 unspecified atom stereocenters. The lowest BCUT2D eigenvalue weighted by Gasteiger charge is -2.21. The van der Waals surface area contributed by atoms with E-state index in [0.29, 0.717) is 16.7 Å². The third-order valence-electron chi connectivity index (χ3n) is 4.20. The van der Waals surface area contributed by atoms with Gasteiger partial charge in [0.1, 0.15) is 12.4 Å². The zero-order valence-corrected chi connectivity index (χ0v) is 15.4. The molecule has 7 nitrogen and oxygen atoms in total. The number of ether oxygens (including phenoxy) is 1. The van der Waals surface area contributed by atoms with Crippen molar-refractivity contribution in [3.63, 3.8) is 0 Å². The summed E-state index contributed by atoms with van der Waals surface area (Å²) in [5.74, 6) is -2.26. The topological polar surface area (TPSA) is 81.7 Å². The lowest BCUT2D eigenvalue weighted by atomic mass is 10.2. The average Bonchev–Trinajstić information content (AvgIpc) is 2.96. The molecular formula is C20H19FN2O5. The Morgan fingerprint density at radius 2 is 1.96 bits per heavy atom. The zero-order valence-electron chi connectivity index (χ0n) is 15.4. The Balaban J connectivity index is 1.62. The molecule has 3 aromatic rings. The lowest BCUT2D eigenvalue weighted by molar-refractivity contribution is -0.159. The number of nitrogens with zero attached hydrogens (tertiary/aromatic N) is 2. The van der Waals surface area contributed by atoms with Crippen molar-refractivity contribution in [1.29, 1.82) is 0 Å².